The molecule has 1 N–H and O–H groups in total. The summed E-state index contributed by atoms with van der Waals surface area (Å²) in [6, 6.07) is 0.0218. The van der Waals surface area contributed by atoms with Crippen LogP contribution in [0.2, 0.25) is 0 Å². The third kappa shape index (κ3) is 3.47. The fourth-order valence-corrected chi connectivity index (χ4v) is 2.10. The average molecular weight is 214 g/mol. The zero-order valence-electron chi connectivity index (χ0n) is 9.95. The van der Waals surface area contributed by atoms with E-state index in [1.807, 2.05) is 11.9 Å². The van der Waals surface area contributed by atoms with Gasteiger partial charge in [0.2, 0.25) is 5.91 Å². The van der Waals surface area contributed by atoms with Crippen LogP contribution in [0.4, 0.5) is 0 Å². The minimum atomic E-state index is 0.0218. The van der Waals surface area contributed by atoms with Gasteiger partial charge in [-0.1, -0.05) is 6.92 Å². The van der Waals surface area contributed by atoms with Gasteiger partial charge >= 0.3 is 0 Å². The highest BCUT2D eigenvalue weighted by Gasteiger charge is 2.27. The molecule has 0 aromatic carbocycles. The summed E-state index contributed by atoms with van der Waals surface area (Å²) in [6.45, 7) is 4.53. The summed E-state index contributed by atoms with van der Waals surface area (Å²) < 4.78 is 5.08. The van der Waals surface area contributed by atoms with Crippen LogP contribution in [0.5, 0.6) is 0 Å². The first kappa shape index (κ1) is 12.5. The zero-order valence-corrected chi connectivity index (χ0v) is 9.95. The van der Waals surface area contributed by atoms with Crippen molar-refractivity contribution in [1.82, 2.24) is 10.2 Å². The number of likely N-dealkylation sites (tertiary alicyclic amines) is 1. The Bertz CT molecular complexity index is 209. The van der Waals surface area contributed by atoms with E-state index >= 15 is 0 Å². The molecule has 15 heavy (non-hydrogen) atoms. The Balaban J connectivity index is 2.43. The van der Waals surface area contributed by atoms with Crippen LogP contribution in [0, 0.1) is 5.92 Å². The zero-order chi connectivity index (χ0) is 11.3. The highest BCUT2D eigenvalue weighted by molar-refractivity contribution is 5.82. The molecule has 1 aliphatic heterocycles. The second-order valence-electron chi connectivity index (χ2n) is 4.33. The maximum absolute atomic E-state index is 11.9. The Hall–Kier alpha value is -0.610. The molecule has 0 radical (unpaired) electrons. The number of likely N-dealkylation sites (N-methyl/N-ethyl adjacent to an activating group) is 1. The average Bonchev–Trinajstić information content (AvgIpc) is 2.21. The van der Waals surface area contributed by atoms with E-state index in [1.54, 1.807) is 7.11 Å². The standard InChI is InChI=1S/C11H22N2O2/c1-9(8-15-3)7-13-6-4-5-10(12-2)11(13)14/h9-10,12H,4-8H2,1-3H3. The van der Waals surface area contributed by atoms with Crippen molar-refractivity contribution in [3.8, 4) is 0 Å². The fraction of sp³-hybridized carbons (Fsp3) is 0.909. The number of methoxy groups -OCH3 is 1. The third-order valence-corrected chi connectivity index (χ3v) is 2.86. The number of amides is 1. The number of carbonyl (C=O) groups excluding carboxylic acids is 1. The molecule has 1 rings (SSSR count). The van der Waals surface area contributed by atoms with Crippen molar-refractivity contribution in [3.63, 3.8) is 0 Å². The lowest BCUT2D eigenvalue weighted by Crippen LogP contribution is -2.51. The molecule has 1 aliphatic rings. The Morgan fingerprint density at radius 2 is 2.40 bits per heavy atom. The lowest BCUT2D eigenvalue weighted by atomic mass is 10.0. The van der Waals surface area contributed by atoms with Gasteiger partial charge < -0.3 is 15.0 Å². The Morgan fingerprint density at radius 3 is 3.00 bits per heavy atom. The molecule has 0 aromatic heterocycles. The second kappa shape index (κ2) is 6.08. The second-order valence-corrected chi connectivity index (χ2v) is 4.33. The van der Waals surface area contributed by atoms with Gasteiger partial charge in [0.15, 0.2) is 0 Å². The van der Waals surface area contributed by atoms with E-state index < -0.39 is 0 Å². The van der Waals surface area contributed by atoms with Crippen molar-refractivity contribution in [1.29, 1.82) is 0 Å². The molecule has 1 amide bonds. The summed E-state index contributed by atoms with van der Waals surface area (Å²) in [4.78, 5) is 13.9. The van der Waals surface area contributed by atoms with Crippen LogP contribution in [0.3, 0.4) is 0 Å². The monoisotopic (exact) mass is 214 g/mol. The maximum Gasteiger partial charge on any atom is 0.239 e. The molecule has 4 heteroatoms. The van der Waals surface area contributed by atoms with Crippen LogP contribution in [0.1, 0.15) is 19.8 Å². The van der Waals surface area contributed by atoms with Crippen molar-refractivity contribution in [3.05, 3.63) is 0 Å². The number of hydrogen-bond donors (Lipinski definition) is 1. The van der Waals surface area contributed by atoms with Gasteiger partial charge in [-0.05, 0) is 25.8 Å². The van der Waals surface area contributed by atoms with Gasteiger partial charge in [-0.3, -0.25) is 4.79 Å². The maximum atomic E-state index is 11.9. The summed E-state index contributed by atoms with van der Waals surface area (Å²) in [5, 5.41) is 3.07. The van der Waals surface area contributed by atoms with Crippen molar-refractivity contribution < 1.29 is 9.53 Å². The molecule has 1 fully saturated rings. The number of hydrogen-bond acceptors (Lipinski definition) is 3. The number of rotatable bonds is 5. The topological polar surface area (TPSA) is 41.6 Å². The SMILES string of the molecule is CNC1CCCN(CC(C)COC)C1=O. The van der Waals surface area contributed by atoms with Gasteiger partial charge in [0.25, 0.3) is 0 Å². The van der Waals surface area contributed by atoms with Crippen LogP contribution < -0.4 is 5.32 Å². The molecule has 1 heterocycles. The van der Waals surface area contributed by atoms with Gasteiger partial charge in [-0.2, -0.15) is 0 Å². The molecule has 0 saturated carbocycles. The molecular formula is C11H22N2O2. The highest BCUT2D eigenvalue weighted by atomic mass is 16.5. The molecular weight excluding hydrogens is 192 g/mol. The molecule has 1 saturated heterocycles. The van der Waals surface area contributed by atoms with Gasteiger partial charge in [-0.15, -0.1) is 0 Å². The van der Waals surface area contributed by atoms with E-state index in [0.717, 1.165) is 25.9 Å². The van der Waals surface area contributed by atoms with Crippen LogP contribution in [-0.4, -0.2) is 50.7 Å². The van der Waals surface area contributed by atoms with Crippen LogP contribution in [-0.2, 0) is 9.53 Å². The van der Waals surface area contributed by atoms with Crippen molar-refractivity contribution >= 4 is 5.91 Å². The lowest BCUT2D eigenvalue weighted by molar-refractivity contribution is -0.136. The summed E-state index contributed by atoms with van der Waals surface area (Å²) in [7, 11) is 3.55. The van der Waals surface area contributed by atoms with Gasteiger partial charge in [-0.25, -0.2) is 0 Å². The summed E-state index contributed by atoms with van der Waals surface area (Å²) in [5.74, 6) is 0.654. The quantitative estimate of drug-likeness (QED) is 0.724. The molecule has 0 bridgehead atoms. The number of nitrogens with one attached hydrogen (secondary N) is 1. The minimum absolute atomic E-state index is 0.0218. The van der Waals surface area contributed by atoms with Crippen LogP contribution in [0.25, 0.3) is 0 Å². The first-order valence-electron chi connectivity index (χ1n) is 5.64. The molecule has 88 valence electrons. The first-order chi connectivity index (χ1) is 7.19. The minimum Gasteiger partial charge on any atom is -0.384 e. The summed E-state index contributed by atoms with van der Waals surface area (Å²) >= 11 is 0. The molecule has 0 aromatic rings. The Morgan fingerprint density at radius 1 is 1.67 bits per heavy atom. The van der Waals surface area contributed by atoms with E-state index in [9.17, 15) is 4.79 Å². The summed E-state index contributed by atoms with van der Waals surface area (Å²) in [5.41, 5.74) is 0. The third-order valence-electron chi connectivity index (χ3n) is 2.86. The van der Waals surface area contributed by atoms with E-state index in [0.29, 0.717) is 12.5 Å². The first-order valence-corrected chi connectivity index (χ1v) is 5.64. The molecule has 4 nitrogen and oxygen atoms in total. The number of piperidine rings is 1. The smallest absolute Gasteiger partial charge is 0.239 e. The predicted octanol–water partition coefficient (Wildman–Crippen LogP) is 0.479. The van der Waals surface area contributed by atoms with Crippen molar-refractivity contribution in [2.24, 2.45) is 5.92 Å². The van der Waals surface area contributed by atoms with Crippen molar-refractivity contribution in [2.75, 3.05) is 33.9 Å². The molecule has 2 unspecified atom stereocenters. The molecule has 0 aliphatic carbocycles. The molecule has 0 spiro atoms. The van der Waals surface area contributed by atoms with Crippen LogP contribution >= 0.6 is 0 Å². The predicted molar refractivity (Wildman–Crippen MR) is 59.7 cm³/mol. The number of nitrogens with zero attached hydrogens (tertiary/aromatic N) is 1. The highest BCUT2D eigenvalue weighted by Crippen LogP contribution is 2.13. The number of carbonyl (C=O) groups is 1. The largest absolute Gasteiger partial charge is 0.384 e. The number of ether oxygens (including phenoxy) is 1. The van der Waals surface area contributed by atoms with E-state index in [2.05, 4.69) is 12.2 Å². The Kier molecular flexibility index (Phi) is 5.05. The lowest BCUT2D eigenvalue weighted by Gasteiger charge is -2.33. The van der Waals surface area contributed by atoms with E-state index in [-0.39, 0.29) is 11.9 Å². The van der Waals surface area contributed by atoms with Gasteiger partial charge in [0, 0.05) is 20.2 Å². The van der Waals surface area contributed by atoms with E-state index in [4.69, 9.17) is 4.74 Å². The normalized spacial score (nSPS) is 24.3. The van der Waals surface area contributed by atoms with Crippen molar-refractivity contribution in [2.45, 2.75) is 25.8 Å². The van der Waals surface area contributed by atoms with Gasteiger partial charge in [0.05, 0.1) is 12.6 Å². The van der Waals surface area contributed by atoms with E-state index in [1.165, 1.54) is 0 Å². The summed E-state index contributed by atoms with van der Waals surface area (Å²) in [6.07, 6.45) is 2.06. The van der Waals surface area contributed by atoms with Gasteiger partial charge in [0.1, 0.15) is 0 Å². The fourth-order valence-electron chi connectivity index (χ4n) is 2.10. The Labute approximate surface area is 92.0 Å². The molecule has 2 atom stereocenters. The van der Waals surface area contributed by atoms with Crippen LogP contribution in [0.15, 0.2) is 0 Å².